The Kier molecular flexibility index (Phi) is 3.63. The normalized spacial score (nSPS) is 14.8. The monoisotopic (exact) mass is 332 g/mol. The number of rotatable bonds is 5. The molecule has 2 rings (SSSR count). The van der Waals surface area contributed by atoms with Crippen molar-refractivity contribution in [3.63, 3.8) is 0 Å². The lowest BCUT2D eigenvalue weighted by Crippen LogP contribution is -2.02. The summed E-state index contributed by atoms with van der Waals surface area (Å²) < 4.78 is 0.680. The minimum Gasteiger partial charge on any atom is -0.385 e. The van der Waals surface area contributed by atoms with Gasteiger partial charge in [0.25, 0.3) is 5.69 Å². The lowest BCUT2D eigenvalue weighted by molar-refractivity contribution is -0.385. The molecule has 4 nitrogen and oxygen atoms in total. The van der Waals surface area contributed by atoms with Gasteiger partial charge in [-0.15, -0.1) is 0 Å². The number of benzene rings is 1. The first-order valence-electron chi connectivity index (χ1n) is 5.34. The van der Waals surface area contributed by atoms with Crippen molar-refractivity contribution in [1.29, 1.82) is 0 Å². The number of hydrogen-bond acceptors (Lipinski definition) is 3. The van der Waals surface area contributed by atoms with Gasteiger partial charge in [-0.25, -0.2) is 0 Å². The van der Waals surface area contributed by atoms with E-state index in [4.69, 9.17) is 0 Å². The van der Waals surface area contributed by atoms with Crippen LogP contribution in [-0.2, 0) is 0 Å². The van der Waals surface area contributed by atoms with Crippen molar-refractivity contribution < 1.29 is 4.92 Å². The summed E-state index contributed by atoms with van der Waals surface area (Å²) in [6.45, 7) is 0.957. The first-order chi connectivity index (χ1) is 7.66. The van der Waals surface area contributed by atoms with Gasteiger partial charge in [-0.2, -0.15) is 0 Å². The van der Waals surface area contributed by atoms with Crippen molar-refractivity contribution in [3.05, 3.63) is 31.9 Å². The Hall–Kier alpha value is -0.850. The lowest BCUT2D eigenvalue weighted by atomic mass is 10.2. The molecular weight excluding hydrogens is 319 g/mol. The second kappa shape index (κ2) is 4.99. The summed E-state index contributed by atoms with van der Waals surface area (Å²) in [4.78, 5) is 10.3. The second-order valence-electron chi connectivity index (χ2n) is 4.08. The largest absolute Gasteiger partial charge is 0.385 e. The van der Waals surface area contributed by atoms with Gasteiger partial charge in [0.2, 0.25) is 0 Å². The molecule has 0 heterocycles. The first-order valence-corrected chi connectivity index (χ1v) is 6.42. The van der Waals surface area contributed by atoms with Crippen LogP contribution in [0.4, 0.5) is 11.4 Å². The summed E-state index contributed by atoms with van der Waals surface area (Å²) in [5, 5.41) is 13.9. The third kappa shape index (κ3) is 3.07. The minimum absolute atomic E-state index is 0.174. The molecule has 0 aromatic heterocycles. The third-order valence-electron chi connectivity index (χ3n) is 2.72. The highest BCUT2D eigenvalue weighted by molar-refractivity contribution is 14.1. The van der Waals surface area contributed by atoms with Gasteiger partial charge in [-0.3, -0.25) is 10.1 Å². The van der Waals surface area contributed by atoms with E-state index in [1.165, 1.54) is 19.3 Å². The first kappa shape index (κ1) is 11.6. The average molecular weight is 332 g/mol. The quantitative estimate of drug-likeness (QED) is 0.511. The van der Waals surface area contributed by atoms with Gasteiger partial charge >= 0.3 is 0 Å². The van der Waals surface area contributed by atoms with E-state index in [1.54, 1.807) is 12.1 Å². The molecule has 5 heteroatoms. The Morgan fingerprint density at radius 2 is 2.25 bits per heavy atom. The van der Waals surface area contributed by atoms with Gasteiger partial charge in [0.05, 0.1) is 8.49 Å². The predicted octanol–water partition coefficient (Wildman–Crippen LogP) is 3.41. The highest BCUT2D eigenvalue weighted by Gasteiger charge is 2.20. The highest BCUT2D eigenvalue weighted by atomic mass is 127. The van der Waals surface area contributed by atoms with Crippen LogP contribution < -0.4 is 5.32 Å². The molecule has 0 saturated heterocycles. The van der Waals surface area contributed by atoms with Gasteiger partial charge in [0, 0.05) is 18.3 Å². The molecule has 1 aliphatic rings. The standard InChI is InChI=1S/C11H13IN2O2/c12-10-7-9(3-4-11(10)14(15)16)13-6-5-8-1-2-8/h3-4,7-8,13H,1-2,5-6H2. The molecule has 1 aromatic carbocycles. The molecule has 0 bridgehead atoms. The number of nitro benzene ring substituents is 1. The van der Waals surface area contributed by atoms with Crippen LogP contribution in [0.2, 0.25) is 0 Å². The molecular formula is C11H13IN2O2. The maximum atomic E-state index is 10.6. The Balaban J connectivity index is 1.93. The van der Waals surface area contributed by atoms with Crippen molar-refractivity contribution in [3.8, 4) is 0 Å². The summed E-state index contributed by atoms with van der Waals surface area (Å²) in [6.07, 6.45) is 3.92. The number of nitrogens with one attached hydrogen (secondary N) is 1. The SMILES string of the molecule is O=[N+]([O-])c1ccc(NCCC2CC2)cc1I. The topological polar surface area (TPSA) is 55.2 Å². The molecule has 86 valence electrons. The van der Waals surface area contributed by atoms with E-state index in [0.29, 0.717) is 3.57 Å². The van der Waals surface area contributed by atoms with Gasteiger partial charge in [-0.1, -0.05) is 12.8 Å². The minimum atomic E-state index is -0.351. The summed E-state index contributed by atoms with van der Waals surface area (Å²) in [7, 11) is 0. The van der Waals surface area contributed by atoms with Crippen molar-refractivity contribution in [2.24, 2.45) is 5.92 Å². The van der Waals surface area contributed by atoms with Crippen LogP contribution in [0.5, 0.6) is 0 Å². The maximum Gasteiger partial charge on any atom is 0.282 e. The van der Waals surface area contributed by atoms with Crippen LogP contribution in [0.15, 0.2) is 18.2 Å². The zero-order valence-electron chi connectivity index (χ0n) is 8.78. The molecule has 0 aliphatic heterocycles. The summed E-state index contributed by atoms with van der Waals surface area (Å²) >= 11 is 2.00. The van der Waals surface area contributed by atoms with Crippen LogP contribution in [0.1, 0.15) is 19.3 Å². The summed E-state index contributed by atoms with van der Waals surface area (Å²) in [5.41, 5.74) is 1.14. The van der Waals surface area contributed by atoms with Gasteiger partial charge in [0.15, 0.2) is 0 Å². The Bertz CT molecular complexity index is 405. The van der Waals surface area contributed by atoms with Crippen LogP contribution in [0.3, 0.4) is 0 Å². The Morgan fingerprint density at radius 1 is 1.50 bits per heavy atom. The molecule has 16 heavy (non-hydrogen) atoms. The van der Waals surface area contributed by atoms with Gasteiger partial charge in [-0.05, 0) is 47.1 Å². The fourth-order valence-corrected chi connectivity index (χ4v) is 2.30. The molecule has 0 radical (unpaired) electrons. The van der Waals surface area contributed by atoms with Crippen LogP contribution in [0, 0.1) is 19.6 Å². The van der Waals surface area contributed by atoms with Gasteiger partial charge in [0.1, 0.15) is 0 Å². The second-order valence-corrected chi connectivity index (χ2v) is 5.24. The fraction of sp³-hybridized carbons (Fsp3) is 0.455. The van der Waals surface area contributed by atoms with E-state index in [0.717, 1.165) is 18.2 Å². The highest BCUT2D eigenvalue weighted by Crippen LogP contribution is 2.32. The average Bonchev–Trinajstić information content (AvgIpc) is 3.01. The zero-order chi connectivity index (χ0) is 11.5. The summed E-state index contributed by atoms with van der Waals surface area (Å²) in [5.74, 6) is 0.907. The Labute approximate surface area is 108 Å². The number of hydrogen-bond donors (Lipinski definition) is 1. The van der Waals surface area contributed by atoms with Gasteiger partial charge < -0.3 is 5.32 Å². The van der Waals surface area contributed by atoms with Crippen LogP contribution in [-0.4, -0.2) is 11.5 Å². The molecule has 1 aromatic rings. The van der Waals surface area contributed by atoms with E-state index >= 15 is 0 Å². The van der Waals surface area contributed by atoms with Crippen LogP contribution >= 0.6 is 22.6 Å². The van der Waals surface area contributed by atoms with E-state index in [1.807, 2.05) is 28.7 Å². The van der Waals surface area contributed by atoms with Crippen molar-refractivity contribution >= 4 is 34.0 Å². The lowest BCUT2D eigenvalue weighted by Gasteiger charge is -2.06. The number of nitro groups is 1. The molecule has 0 amide bonds. The molecule has 1 saturated carbocycles. The third-order valence-corrected chi connectivity index (χ3v) is 3.59. The van der Waals surface area contributed by atoms with Crippen LogP contribution in [0.25, 0.3) is 0 Å². The molecule has 0 unspecified atom stereocenters. The van der Waals surface area contributed by atoms with E-state index < -0.39 is 0 Å². The molecule has 1 aliphatic carbocycles. The Morgan fingerprint density at radius 3 is 2.81 bits per heavy atom. The number of halogens is 1. The van der Waals surface area contributed by atoms with E-state index in [-0.39, 0.29) is 10.6 Å². The van der Waals surface area contributed by atoms with Crippen molar-refractivity contribution in [1.82, 2.24) is 0 Å². The fourth-order valence-electron chi connectivity index (χ4n) is 1.59. The molecule has 0 atom stereocenters. The number of nitrogens with zero attached hydrogens (tertiary/aromatic N) is 1. The van der Waals surface area contributed by atoms with E-state index in [9.17, 15) is 10.1 Å². The van der Waals surface area contributed by atoms with Crippen molar-refractivity contribution in [2.45, 2.75) is 19.3 Å². The molecule has 1 fully saturated rings. The predicted molar refractivity (Wildman–Crippen MR) is 71.6 cm³/mol. The van der Waals surface area contributed by atoms with Crippen molar-refractivity contribution in [2.75, 3.05) is 11.9 Å². The smallest absolute Gasteiger partial charge is 0.282 e. The summed E-state index contributed by atoms with van der Waals surface area (Å²) in [6, 6.07) is 5.15. The molecule has 1 N–H and O–H groups in total. The number of anilines is 1. The zero-order valence-corrected chi connectivity index (χ0v) is 10.9. The molecule has 0 spiro atoms. The van der Waals surface area contributed by atoms with E-state index in [2.05, 4.69) is 5.32 Å². The maximum absolute atomic E-state index is 10.6.